The van der Waals surface area contributed by atoms with Gasteiger partial charge in [-0.1, -0.05) is 136 Å². The molecule has 7 rings (SSSR count). The van der Waals surface area contributed by atoms with E-state index in [1.54, 1.807) is 0 Å². The van der Waals surface area contributed by atoms with E-state index in [4.69, 9.17) is 0 Å². The largest absolute Gasteiger partial charge is 0.310 e. The highest BCUT2D eigenvalue weighted by Gasteiger charge is 2.28. The fraction of sp³-hybridized carbons (Fsp3) is 0.0909. The molecule has 224 valence electrons. The van der Waals surface area contributed by atoms with Gasteiger partial charge in [0, 0.05) is 28.3 Å². The van der Waals surface area contributed by atoms with Crippen molar-refractivity contribution in [1.82, 2.24) is 0 Å². The van der Waals surface area contributed by atoms with E-state index < -0.39 is 0 Å². The van der Waals surface area contributed by atoms with Crippen LogP contribution in [0.1, 0.15) is 26.3 Å². The highest BCUT2D eigenvalue weighted by atomic mass is 15.2. The number of nitrogens with zero attached hydrogens (tertiary/aromatic N) is 2. The van der Waals surface area contributed by atoms with Gasteiger partial charge in [0.25, 0.3) is 0 Å². The maximum Gasteiger partial charge on any atom is 0.0564 e. The summed E-state index contributed by atoms with van der Waals surface area (Å²) in [6, 6.07) is 63.2. The van der Waals surface area contributed by atoms with Crippen LogP contribution in [-0.4, -0.2) is 0 Å². The summed E-state index contributed by atoms with van der Waals surface area (Å²) in [5.74, 6) is 0. The molecule has 0 aromatic heterocycles. The van der Waals surface area contributed by atoms with Crippen molar-refractivity contribution >= 4 is 44.9 Å². The van der Waals surface area contributed by atoms with E-state index in [0.29, 0.717) is 0 Å². The third kappa shape index (κ3) is 5.78. The third-order valence-corrected chi connectivity index (χ3v) is 8.54. The summed E-state index contributed by atoms with van der Waals surface area (Å²) in [5.41, 5.74) is 10.2. The molecular formula is C44H38N2. The van der Waals surface area contributed by atoms with Gasteiger partial charge in [0.05, 0.1) is 11.4 Å². The van der Waals surface area contributed by atoms with Crippen LogP contribution in [0.15, 0.2) is 176 Å². The van der Waals surface area contributed by atoms with E-state index in [1.165, 1.54) is 21.9 Å². The Morgan fingerprint density at radius 3 is 1.26 bits per heavy atom. The monoisotopic (exact) mass is 594 g/mol. The van der Waals surface area contributed by atoms with Crippen molar-refractivity contribution < 1.29 is 0 Å². The fourth-order valence-electron chi connectivity index (χ4n) is 6.20. The van der Waals surface area contributed by atoms with Crippen molar-refractivity contribution in [3.63, 3.8) is 0 Å². The average Bonchev–Trinajstić information content (AvgIpc) is 3.10. The van der Waals surface area contributed by atoms with Crippen molar-refractivity contribution in [3.05, 3.63) is 181 Å². The van der Waals surface area contributed by atoms with Gasteiger partial charge in [-0.15, -0.1) is 0 Å². The second-order valence-corrected chi connectivity index (χ2v) is 12.7. The Balaban J connectivity index is 1.62. The molecule has 7 aromatic rings. The van der Waals surface area contributed by atoms with Gasteiger partial charge in [0.15, 0.2) is 0 Å². The van der Waals surface area contributed by atoms with Crippen LogP contribution < -0.4 is 9.80 Å². The van der Waals surface area contributed by atoms with Gasteiger partial charge in [-0.3, -0.25) is 0 Å². The van der Waals surface area contributed by atoms with Crippen LogP contribution in [0.25, 0.3) is 21.9 Å². The van der Waals surface area contributed by atoms with Crippen molar-refractivity contribution in [2.45, 2.75) is 26.2 Å². The topological polar surface area (TPSA) is 6.48 Å². The van der Waals surface area contributed by atoms with Gasteiger partial charge < -0.3 is 9.80 Å². The second-order valence-electron chi connectivity index (χ2n) is 12.7. The summed E-state index contributed by atoms with van der Waals surface area (Å²) in [7, 11) is 0. The zero-order chi connectivity index (χ0) is 31.5. The smallest absolute Gasteiger partial charge is 0.0564 e. The standard InChI is InChI=1S/C44H38N2/c1-44(2,3)36-31-41(45(37-22-10-5-11-23-37)38-24-12-6-13-25-38)43(34-19-8-4-9-20-34)42(32-36)46(39-26-14-7-15-27-39)40-29-28-33-18-16-17-21-35(33)30-40/h4-32H,1-3H3. The lowest BCUT2D eigenvalue weighted by Gasteiger charge is -2.35. The quantitative estimate of drug-likeness (QED) is 0.181. The molecule has 0 aliphatic rings. The molecule has 0 spiro atoms. The zero-order valence-electron chi connectivity index (χ0n) is 26.6. The molecule has 0 aliphatic carbocycles. The molecule has 0 N–H and O–H groups in total. The number of hydrogen-bond donors (Lipinski definition) is 0. The number of para-hydroxylation sites is 3. The van der Waals surface area contributed by atoms with Crippen LogP contribution in [0.2, 0.25) is 0 Å². The second kappa shape index (κ2) is 12.4. The SMILES string of the molecule is CC(C)(C)c1cc(N(c2ccccc2)c2ccccc2)c(-c2ccccc2)c(N(c2ccccc2)c2ccc3ccccc3c2)c1. The average molecular weight is 595 g/mol. The number of benzene rings is 7. The summed E-state index contributed by atoms with van der Waals surface area (Å²) >= 11 is 0. The van der Waals surface area contributed by atoms with Crippen molar-refractivity contribution in [2.24, 2.45) is 0 Å². The Labute approximate surface area is 272 Å². The molecule has 2 heteroatoms. The van der Waals surface area contributed by atoms with Crippen LogP contribution >= 0.6 is 0 Å². The summed E-state index contributed by atoms with van der Waals surface area (Å²) in [6.45, 7) is 6.91. The highest BCUT2D eigenvalue weighted by molar-refractivity contribution is 6.00. The molecule has 0 amide bonds. The summed E-state index contributed by atoms with van der Waals surface area (Å²) < 4.78 is 0. The molecule has 0 unspecified atom stereocenters. The van der Waals surface area contributed by atoms with Gasteiger partial charge in [0.1, 0.15) is 0 Å². The van der Waals surface area contributed by atoms with E-state index in [1.807, 2.05) is 0 Å². The van der Waals surface area contributed by atoms with Gasteiger partial charge in [-0.05, 0) is 88.0 Å². The van der Waals surface area contributed by atoms with Crippen LogP contribution in [0.3, 0.4) is 0 Å². The molecule has 46 heavy (non-hydrogen) atoms. The van der Waals surface area contributed by atoms with Gasteiger partial charge >= 0.3 is 0 Å². The molecule has 0 bridgehead atoms. The van der Waals surface area contributed by atoms with Crippen molar-refractivity contribution in [3.8, 4) is 11.1 Å². The molecule has 0 saturated heterocycles. The fourth-order valence-corrected chi connectivity index (χ4v) is 6.20. The van der Waals surface area contributed by atoms with E-state index in [9.17, 15) is 0 Å². The zero-order valence-corrected chi connectivity index (χ0v) is 26.6. The first-order chi connectivity index (χ1) is 22.5. The van der Waals surface area contributed by atoms with Gasteiger partial charge in [-0.25, -0.2) is 0 Å². The Morgan fingerprint density at radius 1 is 0.370 bits per heavy atom. The van der Waals surface area contributed by atoms with Crippen molar-refractivity contribution in [1.29, 1.82) is 0 Å². The normalized spacial score (nSPS) is 11.4. The lowest BCUT2D eigenvalue weighted by atomic mass is 9.84. The molecule has 7 aromatic carbocycles. The Morgan fingerprint density at radius 2 is 0.783 bits per heavy atom. The van der Waals surface area contributed by atoms with E-state index in [-0.39, 0.29) is 5.41 Å². The number of rotatable bonds is 7. The first-order valence-electron chi connectivity index (χ1n) is 16.0. The molecule has 0 fully saturated rings. The molecule has 0 atom stereocenters. The molecule has 0 radical (unpaired) electrons. The van der Waals surface area contributed by atoms with Crippen molar-refractivity contribution in [2.75, 3.05) is 9.80 Å². The van der Waals surface area contributed by atoms with E-state index in [2.05, 4.69) is 206 Å². The Bertz CT molecular complexity index is 2020. The summed E-state index contributed by atoms with van der Waals surface area (Å²) in [4.78, 5) is 4.84. The maximum absolute atomic E-state index is 2.43. The minimum Gasteiger partial charge on any atom is -0.310 e. The molecule has 2 nitrogen and oxygen atoms in total. The van der Waals surface area contributed by atoms with E-state index in [0.717, 1.165) is 39.7 Å². The number of hydrogen-bond acceptors (Lipinski definition) is 2. The van der Waals surface area contributed by atoms with Crippen LogP contribution in [0.4, 0.5) is 34.1 Å². The lowest BCUT2D eigenvalue weighted by molar-refractivity contribution is 0.590. The van der Waals surface area contributed by atoms with Crippen LogP contribution in [0.5, 0.6) is 0 Å². The van der Waals surface area contributed by atoms with E-state index >= 15 is 0 Å². The molecule has 0 heterocycles. The third-order valence-electron chi connectivity index (χ3n) is 8.54. The number of fused-ring (bicyclic) bond motifs is 1. The Hall–Kier alpha value is -5.60. The minimum atomic E-state index is -0.108. The predicted octanol–water partition coefficient (Wildman–Crippen LogP) is 12.7. The van der Waals surface area contributed by atoms with Gasteiger partial charge in [-0.2, -0.15) is 0 Å². The van der Waals surface area contributed by atoms with Crippen LogP contribution in [-0.2, 0) is 5.41 Å². The lowest BCUT2D eigenvalue weighted by Crippen LogP contribution is -2.19. The molecule has 0 aliphatic heterocycles. The summed E-state index contributed by atoms with van der Waals surface area (Å²) in [6.07, 6.45) is 0. The minimum absolute atomic E-state index is 0.108. The number of anilines is 6. The van der Waals surface area contributed by atoms with Crippen LogP contribution in [0, 0.1) is 0 Å². The maximum atomic E-state index is 2.43. The molecule has 0 saturated carbocycles. The molecular weight excluding hydrogens is 556 g/mol. The predicted molar refractivity (Wildman–Crippen MR) is 197 cm³/mol. The highest BCUT2D eigenvalue weighted by Crippen LogP contribution is 2.50. The van der Waals surface area contributed by atoms with Gasteiger partial charge in [0.2, 0.25) is 0 Å². The first kappa shape index (κ1) is 29.1. The Kier molecular flexibility index (Phi) is 7.86. The summed E-state index contributed by atoms with van der Waals surface area (Å²) in [5, 5.41) is 2.44. The first-order valence-corrected chi connectivity index (χ1v) is 16.0.